The van der Waals surface area contributed by atoms with E-state index in [0.717, 1.165) is 5.56 Å². The third-order valence-electron chi connectivity index (χ3n) is 4.02. The van der Waals surface area contributed by atoms with E-state index in [1.165, 1.54) is 25.3 Å². The van der Waals surface area contributed by atoms with Gasteiger partial charge in [-0.2, -0.15) is 5.26 Å². The lowest BCUT2D eigenvalue weighted by Crippen LogP contribution is -2.11. The third kappa shape index (κ3) is 4.62. The largest absolute Gasteiger partial charge is 0.476 e. The molecule has 1 N–H and O–H groups in total. The molecule has 0 spiro atoms. The van der Waals surface area contributed by atoms with Crippen LogP contribution in [-0.2, 0) is 4.74 Å². The Bertz CT molecular complexity index is 1190. The number of hydrogen-bond acceptors (Lipinski definition) is 6. The number of nitrogens with one attached hydrogen (secondary N) is 1. The highest BCUT2D eigenvalue weighted by Crippen LogP contribution is 2.22. The molecule has 8 heteroatoms. The van der Waals surface area contributed by atoms with Crippen LogP contribution >= 0.6 is 11.6 Å². The van der Waals surface area contributed by atoms with Crippen molar-refractivity contribution in [2.75, 3.05) is 7.11 Å². The maximum atomic E-state index is 12.3. The predicted molar refractivity (Wildman–Crippen MR) is 110 cm³/mol. The lowest BCUT2D eigenvalue weighted by molar-refractivity contribution is 0.0601. The minimum absolute atomic E-state index is 0.171. The molecule has 1 aromatic heterocycles. The minimum atomic E-state index is -0.554. The molecule has 0 aliphatic heterocycles. The van der Waals surface area contributed by atoms with Crippen molar-refractivity contribution >= 4 is 39.6 Å². The number of nitriles is 1. The van der Waals surface area contributed by atoms with Crippen LogP contribution in [0.2, 0.25) is 0 Å². The van der Waals surface area contributed by atoms with Gasteiger partial charge in [-0.1, -0.05) is 23.7 Å². The molecule has 0 aliphatic rings. The number of aromatic nitrogens is 2. The summed E-state index contributed by atoms with van der Waals surface area (Å²) in [4.78, 5) is 31.0. The molecule has 0 saturated carbocycles. The molecule has 1 unspecified atom stereocenters. The molecule has 0 radical (unpaired) electrons. The van der Waals surface area contributed by atoms with Gasteiger partial charge in [0.15, 0.2) is 11.9 Å². The van der Waals surface area contributed by atoms with E-state index in [0.29, 0.717) is 16.7 Å². The van der Waals surface area contributed by atoms with Crippen LogP contribution in [0.3, 0.4) is 0 Å². The smallest absolute Gasteiger partial charge is 0.337 e. The molecule has 0 saturated heterocycles. The number of carbonyl (C=O) groups excluding carboxylic acids is 1. The third-order valence-corrected chi connectivity index (χ3v) is 4.31. The Morgan fingerprint density at radius 2 is 2.00 bits per heavy atom. The van der Waals surface area contributed by atoms with Crippen LogP contribution in [0, 0.1) is 11.3 Å². The topological polar surface area (TPSA) is 105 Å². The average Bonchev–Trinajstić information content (AvgIpc) is 2.73. The maximum absolute atomic E-state index is 12.3. The molecular formula is C21H16ClN3O4. The summed E-state index contributed by atoms with van der Waals surface area (Å²) in [6, 6.07) is 13.4. The Morgan fingerprint density at radius 1 is 1.28 bits per heavy atom. The highest BCUT2D eigenvalue weighted by atomic mass is 35.5. The summed E-state index contributed by atoms with van der Waals surface area (Å²) >= 11 is 6.35. The Balaban J connectivity index is 1.93. The molecule has 0 bridgehead atoms. The van der Waals surface area contributed by atoms with Gasteiger partial charge in [0.25, 0.3) is 5.56 Å². The number of fused-ring (bicyclic) bond motifs is 1. The van der Waals surface area contributed by atoms with E-state index < -0.39 is 12.1 Å². The number of ether oxygens (including phenoxy) is 2. The molecule has 2 aromatic carbocycles. The van der Waals surface area contributed by atoms with E-state index in [-0.39, 0.29) is 22.0 Å². The van der Waals surface area contributed by atoms with Crippen molar-refractivity contribution in [2.24, 2.45) is 0 Å². The Kier molecular flexibility index (Phi) is 5.96. The zero-order chi connectivity index (χ0) is 21.0. The molecule has 29 heavy (non-hydrogen) atoms. The van der Waals surface area contributed by atoms with Crippen LogP contribution in [0.15, 0.2) is 47.3 Å². The second-order valence-corrected chi connectivity index (χ2v) is 6.50. The fourth-order valence-electron chi connectivity index (χ4n) is 2.59. The van der Waals surface area contributed by atoms with Gasteiger partial charge in [-0.25, -0.2) is 9.78 Å². The van der Waals surface area contributed by atoms with Gasteiger partial charge >= 0.3 is 5.97 Å². The Labute approximate surface area is 171 Å². The summed E-state index contributed by atoms with van der Waals surface area (Å²) in [6.45, 7) is 1.65. The van der Waals surface area contributed by atoms with Crippen LogP contribution in [-0.4, -0.2) is 29.2 Å². The van der Waals surface area contributed by atoms with Gasteiger partial charge in [0.05, 0.1) is 28.6 Å². The van der Waals surface area contributed by atoms with Crippen molar-refractivity contribution < 1.29 is 14.3 Å². The molecular weight excluding hydrogens is 394 g/mol. The van der Waals surface area contributed by atoms with Gasteiger partial charge in [0, 0.05) is 0 Å². The van der Waals surface area contributed by atoms with E-state index in [9.17, 15) is 9.59 Å². The van der Waals surface area contributed by atoms with E-state index in [1.54, 1.807) is 37.3 Å². The van der Waals surface area contributed by atoms with Gasteiger partial charge < -0.3 is 14.5 Å². The summed E-state index contributed by atoms with van der Waals surface area (Å²) < 4.78 is 10.1. The van der Waals surface area contributed by atoms with Crippen LogP contribution < -0.4 is 10.3 Å². The predicted octanol–water partition coefficient (Wildman–Crippen LogP) is 3.74. The van der Waals surface area contributed by atoms with Crippen LogP contribution in [0.5, 0.6) is 5.75 Å². The monoisotopic (exact) mass is 409 g/mol. The van der Waals surface area contributed by atoms with Crippen molar-refractivity contribution in [3.63, 3.8) is 0 Å². The molecule has 146 valence electrons. The first-order valence-electron chi connectivity index (χ1n) is 8.57. The Hall–Kier alpha value is -3.63. The molecule has 3 rings (SSSR count). The normalized spacial score (nSPS) is 12.3. The van der Waals surface area contributed by atoms with Crippen molar-refractivity contribution in [1.29, 1.82) is 5.26 Å². The van der Waals surface area contributed by atoms with Gasteiger partial charge in [-0.3, -0.25) is 4.79 Å². The molecule has 0 aliphatic carbocycles. The number of H-pyrrole nitrogens is 1. The number of aromatic amines is 1. The molecule has 7 nitrogen and oxygen atoms in total. The van der Waals surface area contributed by atoms with Crippen molar-refractivity contribution in [1.82, 2.24) is 9.97 Å². The SMILES string of the molecule is COC(=O)c1ccc2c(=O)[nH]c(/C(Cl)=C/c3ccc(OC(C)C#N)cc3)nc2c1. The fraction of sp³-hybridized carbons (Fsp3) is 0.143. The van der Waals surface area contributed by atoms with E-state index >= 15 is 0 Å². The summed E-state index contributed by atoms with van der Waals surface area (Å²) in [5, 5.41) is 9.34. The highest BCUT2D eigenvalue weighted by molar-refractivity contribution is 6.50. The van der Waals surface area contributed by atoms with E-state index in [2.05, 4.69) is 9.97 Å². The lowest BCUT2D eigenvalue weighted by Gasteiger charge is -2.07. The number of rotatable bonds is 5. The average molecular weight is 410 g/mol. The minimum Gasteiger partial charge on any atom is -0.476 e. The summed E-state index contributed by atoms with van der Waals surface area (Å²) in [6.07, 6.45) is 1.08. The fourth-order valence-corrected chi connectivity index (χ4v) is 2.80. The second kappa shape index (κ2) is 8.59. The molecule has 0 amide bonds. The number of methoxy groups -OCH3 is 1. The van der Waals surface area contributed by atoms with Gasteiger partial charge in [-0.15, -0.1) is 0 Å². The zero-order valence-corrected chi connectivity index (χ0v) is 16.4. The number of esters is 1. The van der Waals surface area contributed by atoms with Crippen LogP contribution in [0.4, 0.5) is 0 Å². The van der Waals surface area contributed by atoms with Gasteiger partial charge in [0.1, 0.15) is 11.8 Å². The van der Waals surface area contributed by atoms with E-state index in [4.69, 9.17) is 26.3 Å². The second-order valence-electron chi connectivity index (χ2n) is 6.09. The standard InChI is InChI=1S/C21H16ClN3O4/c1-12(11-23)29-15-6-3-13(4-7-15)9-17(22)19-24-18-10-14(21(27)28-2)5-8-16(18)20(26)25-19/h3-10,12H,1-2H3,(H,24,25,26)/b17-9-. The maximum Gasteiger partial charge on any atom is 0.337 e. The summed E-state index contributed by atoms with van der Waals surface area (Å²) in [5.41, 5.74) is 0.985. The quantitative estimate of drug-likeness (QED) is 0.643. The molecule has 3 aromatic rings. The Morgan fingerprint density at radius 3 is 2.66 bits per heavy atom. The number of nitrogens with zero attached hydrogens (tertiary/aromatic N) is 2. The lowest BCUT2D eigenvalue weighted by atomic mass is 10.1. The first kappa shape index (κ1) is 20.1. The highest BCUT2D eigenvalue weighted by Gasteiger charge is 2.11. The first-order chi connectivity index (χ1) is 13.9. The van der Waals surface area contributed by atoms with Crippen molar-refractivity contribution in [3.05, 3.63) is 69.8 Å². The van der Waals surface area contributed by atoms with Gasteiger partial charge in [0.2, 0.25) is 0 Å². The van der Waals surface area contributed by atoms with Crippen molar-refractivity contribution in [3.8, 4) is 11.8 Å². The summed E-state index contributed by atoms with van der Waals surface area (Å²) in [5.74, 6) is 0.203. The molecule has 1 atom stereocenters. The van der Waals surface area contributed by atoms with Crippen molar-refractivity contribution in [2.45, 2.75) is 13.0 Å². The number of halogens is 1. The summed E-state index contributed by atoms with van der Waals surface area (Å²) in [7, 11) is 1.28. The zero-order valence-electron chi connectivity index (χ0n) is 15.6. The number of hydrogen-bond donors (Lipinski definition) is 1. The van der Waals surface area contributed by atoms with Gasteiger partial charge in [-0.05, 0) is 48.9 Å². The van der Waals surface area contributed by atoms with Crippen LogP contribution in [0.1, 0.15) is 28.7 Å². The first-order valence-corrected chi connectivity index (χ1v) is 8.95. The number of carbonyl (C=O) groups is 1. The molecule has 1 heterocycles. The van der Waals surface area contributed by atoms with E-state index in [1.807, 2.05) is 6.07 Å². The number of benzene rings is 2. The van der Waals surface area contributed by atoms with Crippen LogP contribution in [0.25, 0.3) is 22.0 Å². The molecule has 0 fully saturated rings.